The number of hydrogen-bond acceptors (Lipinski definition) is 4. The number of benzene rings is 1. The highest BCUT2D eigenvalue weighted by atomic mass is 16.5. The van der Waals surface area contributed by atoms with Crippen molar-refractivity contribution in [1.82, 2.24) is 15.3 Å². The molecule has 1 heterocycles. The highest BCUT2D eigenvalue weighted by molar-refractivity contribution is 5.38. The van der Waals surface area contributed by atoms with Gasteiger partial charge in [-0.25, -0.2) is 4.98 Å². The van der Waals surface area contributed by atoms with Crippen molar-refractivity contribution in [2.45, 2.75) is 39.2 Å². The predicted molar refractivity (Wildman–Crippen MR) is 82.6 cm³/mol. The number of rotatable bonds is 5. The third kappa shape index (κ3) is 3.58. The van der Waals surface area contributed by atoms with E-state index in [0.29, 0.717) is 5.88 Å². The number of fused-ring (bicyclic) bond motifs is 1. The maximum Gasteiger partial charge on any atom is 0.237 e. The number of nitrogens with zero attached hydrogens (tertiary/aromatic N) is 2. The van der Waals surface area contributed by atoms with Crippen LogP contribution >= 0.6 is 0 Å². The van der Waals surface area contributed by atoms with E-state index < -0.39 is 0 Å². The molecule has 1 aromatic carbocycles. The Bertz CT molecular complexity index is 595. The summed E-state index contributed by atoms with van der Waals surface area (Å²) in [6.45, 7) is 3.73. The topological polar surface area (TPSA) is 47.0 Å². The molecule has 0 aliphatic heterocycles. The van der Waals surface area contributed by atoms with Crippen molar-refractivity contribution >= 4 is 0 Å². The minimum Gasteiger partial charge on any atom is -0.437 e. The molecule has 0 saturated carbocycles. The zero-order valence-corrected chi connectivity index (χ0v) is 12.4. The van der Waals surface area contributed by atoms with Gasteiger partial charge in [-0.1, -0.05) is 13.0 Å². The van der Waals surface area contributed by atoms with Crippen LogP contribution in [0.3, 0.4) is 0 Å². The van der Waals surface area contributed by atoms with Crippen LogP contribution in [0.5, 0.6) is 11.6 Å². The van der Waals surface area contributed by atoms with Crippen LogP contribution in [0.1, 0.15) is 36.6 Å². The van der Waals surface area contributed by atoms with E-state index >= 15 is 0 Å². The Hall–Kier alpha value is -1.94. The van der Waals surface area contributed by atoms with Gasteiger partial charge in [0.25, 0.3) is 0 Å². The zero-order valence-electron chi connectivity index (χ0n) is 12.4. The van der Waals surface area contributed by atoms with Gasteiger partial charge < -0.3 is 10.1 Å². The molecule has 1 aromatic heterocycles. The fourth-order valence-electron chi connectivity index (χ4n) is 2.63. The lowest BCUT2D eigenvalue weighted by Crippen LogP contribution is -2.13. The van der Waals surface area contributed by atoms with Crippen molar-refractivity contribution in [2.75, 3.05) is 6.54 Å². The van der Waals surface area contributed by atoms with Crippen LogP contribution in [0.25, 0.3) is 0 Å². The molecular weight excluding hydrogens is 262 g/mol. The summed E-state index contributed by atoms with van der Waals surface area (Å²) in [5.41, 5.74) is 3.80. The maximum absolute atomic E-state index is 5.81. The summed E-state index contributed by atoms with van der Waals surface area (Å²) in [5.74, 6) is 1.40. The molecule has 2 aromatic rings. The van der Waals surface area contributed by atoms with Crippen LogP contribution in [0.15, 0.2) is 30.6 Å². The molecule has 21 heavy (non-hydrogen) atoms. The summed E-state index contributed by atoms with van der Waals surface area (Å²) in [5, 5.41) is 3.22. The van der Waals surface area contributed by atoms with Gasteiger partial charge in [-0.05, 0) is 55.5 Å². The summed E-state index contributed by atoms with van der Waals surface area (Å²) in [4.78, 5) is 8.66. The second kappa shape index (κ2) is 6.68. The van der Waals surface area contributed by atoms with E-state index in [1.54, 1.807) is 12.4 Å². The number of aryl methyl sites for hydroxylation is 2. The summed E-state index contributed by atoms with van der Waals surface area (Å²) in [6.07, 6.45) is 8.36. The first-order valence-electron chi connectivity index (χ1n) is 7.66. The van der Waals surface area contributed by atoms with Crippen molar-refractivity contribution < 1.29 is 4.74 Å². The lowest BCUT2D eigenvalue weighted by molar-refractivity contribution is 0.457. The molecule has 0 fully saturated rings. The van der Waals surface area contributed by atoms with E-state index in [9.17, 15) is 0 Å². The molecule has 0 amide bonds. The molecule has 0 spiro atoms. The van der Waals surface area contributed by atoms with Gasteiger partial charge in [0, 0.05) is 6.54 Å². The monoisotopic (exact) mass is 283 g/mol. The van der Waals surface area contributed by atoms with Crippen molar-refractivity contribution in [2.24, 2.45) is 0 Å². The molecule has 1 N–H and O–H groups in total. The zero-order chi connectivity index (χ0) is 14.5. The normalized spacial score (nSPS) is 13.8. The summed E-state index contributed by atoms with van der Waals surface area (Å²) >= 11 is 0. The first kappa shape index (κ1) is 14.0. The van der Waals surface area contributed by atoms with Crippen LogP contribution in [0.4, 0.5) is 0 Å². The Labute approximate surface area is 125 Å². The van der Waals surface area contributed by atoms with Crippen LogP contribution < -0.4 is 10.1 Å². The molecule has 0 atom stereocenters. The van der Waals surface area contributed by atoms with E-state index in [0.717, 1.165) is 31.0 Å². The Kier molecular flexibility index (Phi) is 4.46. The van der Waals surface area contributed by atoms with E-state index in [1.165, 1.54) is 30.4 Å². The van der Waals surface area contributed by atoms with Gasteiger partial charge in [-0.15, -0.1) is 0 Å². The number of aromatic nitrogens is 2. The van der Waals surface area contributed by atoms with Crippen LogP contribution in [0, 0.1) is 0 Å². The van der Waals surface area contributed by atoms with E-state index in [2.05, 4.69) is 34.3 Å². The van der Waals surface area contributed by atoms with Gasteiger partial charge >= 0.3 is 0 Å². The first-order valence-corrected chi connectivity index (χ1v) is 7.66. The van der Waals surface area contributed by atoms with E-state index in [-0.39, 0.29) is 0 Å². The minimum absolute atomic E-state index is 0.547. The Morgan fingerprint density at radius 2 is 1.95 bits per heavy atom. The average molecular weight is 283 g/mol. The van der Waals surface area contributed by atoms with Crippen LogP contribution in [-0.4, -0.2) is 16.5 Å². The molecule has 0 unspecified atom stereocenters. The molecule has 1 aliphatic carbocycles. The second-order valence-electron chi connectivity index (χ2n) is 5.37. The maximum atomic E-state index is 5.81. The minimum atomic E-state index is 0.547. The molecule has 0 bridgehead atoms. The fraction of sp³-hybridized carbons (Fsp3) is 0.412. The Morgan fingerprint density at radius 1 is 1.10 bits per heavy atom. The highest BCUT2D eigenvalue weighted by Crippen LogP contribution is 2.27. The lowest BCUT2D eigenvalue weighted by atomic mass is 9.92. The van der Waals surface area contributed by atoms with Gasteiger partial charge in [-0.3, -0.25) is 4.98 Å². The van der Waals surface area contributed by atoms with Crippen molar-refractivity contribution in [3.05, 3.63) is 47.4 Å². The van der Waals surface area contributed by atoms with Gasteiger partial charge in [0.15, 0.2) is 0 Å². The molecular formula is C17H21N3O. The van der Waals surface area contributed by atoms with Gasteiger partial charge in [-0.2, -0.15) is 0 Å². The van der Waals surface area contributed by atoms with Gasteiger partial charge in [0.05, 0.1) is 18.1 Å². The van der Waals surface area contributed by atoms with Crippen molar-refractivity contribution in [3.63, 3.8) is 0 Å². The van der Waals surface area contributed by atoms with Crippen molar-refractivity contribution in [3.8, 4) is 11.6 Å². The Balaban J connectivity index is 1.68. The quantitative estimate of drug-likeness (QED) is 0.915. The molecule has 1 aliphatic rings. The third-order valence-corrected chi connectivity index (χ3v) is 3.78. The predicted octanol–water partition coefficient (Wildman–Crippen LogP) is 3.26. The molecule has 3 rings (SSSR count). The fourth-order valence-corrected chi connectivity index (χ4v) is 2.63. The molecule has 110 valence electrons. The SMILES string of the molecule is CCNCc1cnc(Oc2ccc3c(c2)CCCC3)cn1. The Morgan fingerprint density at radius 3 is 2.71 bits per heavy atom. The molecule has 0 radical (unpaired) electrons. The summed E-state index contributed by atoms with van der Waals surface area (Å²) in [6, 6.07) is 6.35. The smallest absolute Gasteiger partial charge is 0.237 e. The van der Waals surface area contributed by atoms with E-state index in [4.69, 9.17) is 4.74 Å². The molecule has 4 heteroatoms. The standard InChI is InChI=1S/C17H21N3O/c1-2-18-10-15-11-20-17(12-19-15)21-16-8-7-13-5-3-4-6-14(13)9-16/h7-9,11-12,18H,2-6,10H2,1H3. The van der Waals surface area contributed by atoms with Gasteiger partial charge in [0.2, 0.25) is 5.88 Å². The molecule has 0 saturated heterocycles. The third-order valence-electron chi connectivity index (χ3n) is 3.78. The number of nitrogens with one attached hydrogen (secondary N) is 1. The number of ether oxygens (including phenoxy) is 1. The van der Waals surface area contributed by atoms with Crippen molar-refractivity contribution in [1.29, 1.82) is 0 Å². The molecule has 4 nitrogen and oxygen atoms in total. The second-order valence-corrected chi connectivity index (χ2v) is 5.37. The lowest BCUT2D eigenvalue weighted by Gasteiger charge is -2.16. The summed E-state index contributed by atoms with van der Waals surface area (Å²) in [7, 11) is 0. The van der Waals surface area contributed by atoms with Crippen LogP contribution in [-0.2, 0) is 19.4 Å². The average Bonchev–Trinajstić information content (AvgIpc) is 2.54. The summed E-state index contributed by atoms with van der Waals surface area (Å²) < 4.78 is 5.81. The highest BCUT2D eigenvalue weighted by Gasteiger charge is 2.10. The largest absolute Gasteiger partial charge is 0.437 e. The first-order chi connectivity index (χ1) is 10.3. The number of hydrogen-bond donors (Lipinski definition) is 1. The van der Waals surface area contributed by atoms with E-state index in [1.807, 2.05) is 6.07 Å². The van der Waals surface area contributed by atoms with Gasteiger partial charge in [0.1, 0.15) is 5.75 Å². The van der Waals surface area contributed by atoms with Crippen LogP contribution in [0.2, 0.25) is 0 Å².